The van der Waals surface area contributed by atoms with E-state index in [4.69, 9.17) is 14.5 Å². The number of hydrogen-bond donors (Lipinski definition) is 1. The van der Waals surface area contributed by atoms with Crippen molar-refractivity contribution in [1.82, 2.24) is 24.6 Å². The molecule has 1 saturated heterocycles. The largest absolute Gasteiger partial charge is 0.493 e. The number of rotatable bonds is 7. The number of benzene rings is 2. The minimum absolute atomic E-state index is 0.640. The van der Waals surface area contributed by atoms with Gasteiger partial charge in [0, 0.05) is 17.6 Å². The van der Waals surface area contributed by atoms with Crippen LogP contribution in [0.3, 0.4) is 0 Å². The summed E-state index contributed by atoms with van der Waals surface area (Å²) >= 11 is 0. The van der Waals surface area contributed by atoms with Gasteiger partial charge in [-0.25, -0.2) is 0 Å². The molecule has 7 nitrogen and oxygen atoms in total. The first kappa shape index (κ1) is 20.6. The van der Waals surface area contributed by atoms with E-state index < -0.39 is 0 Å². The average Bonchev–Trinajstić information content (AvgIpc) is 3.46. The van der Waals surface area contributed by atoms with E-state index in [1.54, 1.807) is 14.2 Å². The third-order valence-electron chi connectivity index (χ3n) is 6.38. The summed E-state index contributed by atoms with van der Waals surface area (Å²) in [7, 11) is 3.29. The molecule has 2 aromatic carbocycles. The molecular weight excluding hydrogens is 402 g/mol. The molecule has 4 aromatic rings. The molecule has 0 unspecified atom stereocenters. The lowest BCUT2D eigenvalue weighted by Gasteiger charge is -2.31. The van der Waals surface area contributed by atoms with E-state index in [1.165, 1.54) is 24.8 Å². The summed E-state index contributed by atoms with van der Waals surface area (Å²) in [6.45, 7) is 2.98. The summed E-state index contributed by atoms with van der Waals surface area (Å²) in [6, 6.07) is 16.8. The highest BCUT2D eigenvalue weighted by Crippen LogP contribution is 2.33. The van der Waals surface area contributed by atoms with Gasteiger partial charge in [0.15, 0.2) is 11.5 Å². The number of fused-ring (bicyclic) bond motifs is 1. The molecule has 0 atom stereocenters. The van der Waals surface area contributed by atoms with E-state index in [0.717, 1.165) is 42.3 Å². The monoisotopic (exact) mass is 431 g/mol. The summed E-state index contributed by atoms with van der Waals surface area (Å²) in [6.07, 6.45) is 5.60. The van der Waals surface area contributed by atoms with Gasteiger partial charge in [-0.05, 0) is 56.0 Å². The van der Waals surface area contributed by atoms with E-state index in [9.17, 15) is 0 Å². The van der Waals surface area contributed by atoms with Crippen LogP contribution in [0.15, 0.2) is 54.7 Å². The zero-order valence-corrected chi connectivity index (χ0v) is 18.6. The average molecular weight is 432 g/mol. The van der Waals surface area contributed by atoms with Gasteiger partial charge in [-0.2, -0.15) is 4.98 Å². The van der Waals surface area contributed by atoms with E-state index >= 15 is 0 Å². The second-order valence-corrected chi connectivity index (χ2v) is 8.44. The summed E-state index contributed by atoms with van der Waals surface area (Å²) in [5, 5.41) is 8.65. The van der Waals surface area contributed by atoms with Gasteiger partial charge in [0.05, 0.1) is 26.3 Å². The van der Waals surface area contributed by atoms with Crippen LogP contribution in [0, 0.1) is 5.92 Å². The predicted octanol–water partition coefficient (Wildman–Crippen LogP) is 4.22. The van der Waals surface area contributed by atoms with Crippen molar-refractivity contribution in [3.8, 4) is 17.4 Å². The van der Waals surface area contributed by atoms with Gasteiger partial charge in [-0.3, -0.25) is 14.6 Å². The number of nitrogens with zero attached hydrogens (tertiary/aromatic N) is 4. The Kier molecular flexibility index (Phi) is 5.81. The standard InChI is InChI=1S/C25H29N5O2/c1-31-22-15-20-10-13-30(21(20)16-23(22)32-2)25-26-24(27-28-25)17-29-11-8-19(9-12-29)14-18-6-4-3-5-7-18/h3-7,10,13,15-16,19H,8-9,11-12,14,17H2,1-2H3,(H,26,27,28). The van der Waals surface area contributed by atoms with Gasteiger partial charge >= 0.3 is 0 Å². The highest BCUT2D eigenvalue weighted by Gasteiger charge is 2.21. The number of hydrogen-bond acceptors (Lipinski definition) is 5. The number of ether oxygens (including phenoxy) is 2. The third kappa shape index (κ3) is 4.21. The van der Waals surface area contributed by atoms with Crippen molar-refractivity contribution in [3.05, 3.63) is 66.1 Å². The maximum absolute atomic E-state index is 5.46. The SMILES string of the molecule is COc1cc2ccn(-c3n[nH]c(CN4CCC(Cc5ccccc5)CC4)n3)c2cc1OC. The van der Waals surface area contributed by atoms with Crippen LogP contribution in [0.2, 0.25) is 0 Å². The molecule has 0 saturated carbocycles. The Morgan fingerprint density at radius 3 is 2.50 bits per heavy atom. The fourth-order valence-corrected chi connectivity index (χ4v) is 4.61. The fourth-order valence-electron chi connectivity index (χ4n) is 4.61. The molecule has 1 aliphatic rings. The molecule has 1 N–H and O–H groups in total. The zero-order valence-electron chi connectivity index (χ0n) is 18.6. The summed E-state index contributed by atoms with van der Waals surface area (Å²) < 4.78 is 12.8. The van der Waals surface area contributed by atoms with E-state index in [2.05, 4.69) is 45.4 Å². The highest BCUT2D eigenvalue weighted by molar-refractivity contribution is 5.85. The Balaban J connectivity index is 1.24. The van der Waals surface area contributed by atoms with Crippen molar-refractivity contribution in [2.45, 2.75) is 25.8 Å². The molecule has 0 aliphatic carbocycles. The van der Waals surface area contributed by atoms with Gasteiger partial charge in [-0.1, -0.05) is 30.3 Å². The van der Waals surface area contributed by atoms with Crippen LogP contribution in [0.4, 0.5) is 0 Å². The van der Waals surface area contributed by atoms with Crippen molar-refractivity contribution in [2.75, 3.05) is 27.3 Å². The van der Waals surface area contributed by atoms with Gasteiger partial charge < -0.3 is 9.47 Å². The summed E-state index contributed by atoms with van der Waals surface area (Å²) in [5.74, 6) is 3.69. The Morgan fingerprint density at radius 1 is 1.00 bits per heavy atom. The van der Waals surface area contributed by atoms with Gasteiger partial charge in [0.1, 0.15) is 5.82 Å². The molecule has 32 heavy (non-hydrogen) atoms. The second kappa shape index (κ2) is 9.04. The number of aromatic nitrogens is 4. The Hall–Kier alpha value is -3.32. The number of H-pyrrole nitrogens is 1. The van der Waals surface area contributed by atoms with Crippen LogP contribution in [0.25, 0.3) is 16.9 Å². The number of likely N-dealkylation sites (tertiary alicyclic amines) is 1. The first-order valence-electron chi connectivity index (χ1n) is 11.1. The van der Waals surface area contributed by atoms with Crippen molar-refractivity contribution in [3.63, 3.8) is 0 Å². The summed E-state index contributed by atoms with van der Waals surface area (Å²) in [4.78, 5) is 7.23. The van der Waals surface area contributed by atoms with E-state index in [0.29, 0.717) is 17.4 Å². The van der Waals surface area contributed by atoms with E-state index in [1.807, 2.05) is 29.0 Å². The van der Waals surface area contributed by atoms with Crippen molar-refractivity contribution in [1.29, 1.82) is 0 Å². The Bertz CT molecular complexity index is 1180. The number of aromatic amines is 1. The van der Waals surface area contributed by atoms with Crippen LogP contribution < -0.4 is 9.47 Å². The minimum atomic E-state index is 0.640. The molecule has 2 aromatic heterocycles. The molecule has 0 radical (unpaired) electrons. The fraction of sp³-hybridized carbons (Fsp3) is 0.360. The smallest absolute Gasteiger partial charge is 0.253 e. The van der Waals surface area contributed by atoms with Crippen LogP contribution in [0.5, 0.6) is 11.5 Å². The van der Waals surface area contributed by atoms with Gasteiger partial charge in [0.2, 0.25) is 0 Å². The first-order chi connectivity index (χ1) is 15.7. The zero-order chi connectivity index (χ0) is 21.9. The van der Waals surface area contributed by atoms with Gasteiger partial charge in [-0.15, -0.1) is 5.10 Å². The number of piperidine rings is 1. The molecule has 0 amide bonds. The number of methoxy groups -OCH3 is 2. The molecule has 166 valence electrons. The van der Waals surface area contributed by atoms with Crippen molar-refractivity contribution < 1.29 is 9.47 Å². The maximum atomic E-state index is 5.46. The molecule has 0 bridgehead atoms. The number of nitrogens with one attached hydrogen (secondary N) is 1. The second-order valence-electron chi connectivity index (χ2n) is 8.44. The Labute approximate surface area is 188 Å². The summed E-state index contributed by atoms with van der Waals surface area (Å²) in [5.41, 5.74) is 2.42. The van der Waals surface area contributed by atoms with E-state index in [-0.39, 0.29) is 0 Å². The lowest BCUT2D eigenvalue weighted by Crippen LogP contribution is -2.34. The van der Waals surface area contributed by atoms with Crippen LogP contribution >= 0.6 is 0 Å². The van der Waals surface area contributed by atoms with Gasteiger partial charge in [0.25, 0.3) is 5.95 Å². The van der Waals surface area contributed by atoms with Crippen LogP contribution in [0.1, 0.15) is 24.2 Å². The molecule has 3 heterocycles. The van der Waals surface area contributed by atoms with Crippen LogP contribution in [-0.2, 0) is 13.0 Å². The maximum Gasteiger partial charge on any atom is 0.253 e. The quantitative estimate of drug-likeness (QED) is 0.475. The minimum Gasteiger partial charge on any atom is -0.493 e. The lowest BCUT2D eigenvalue weighted by atomic mass is 9.90. The first-order valence-corrected chi connectivity index (χ1v) is 11.1. The van der Waals surface area contributed by atoms with Crippen molar-refractivity contribution in [2.24, 2.45) is 5.92 Å². The normalized spacial score (nSPS) is 15.3. The molecule has 5 rings (SSSR count). The lowest BCUT2D eigenvalue weighted by molar-refractivity contribution is 0.173. The molecule has 1 fully saturated rings. The highest BCUT2D eigenvalue weighted by atomic mass is 16.5. The molecule has 0 spiro atoms. The van der Waals surface area contributed by atoms with Crippen molar-refractivity contribution >= 4 is 10.9 Å². The molecule has 7 heteroatoms. The predicted molar refractivity (Wildman–Crippen MR) is 124 cm³/mol. The Morgan fingerprint density at radius 2 is 1.75 bits per heavy atom. The molecule has 1 aliphatic heterocycles. The molecular formula is C25H29N5O2. The topological polar surface area (TPSA) is 68.2 Å². The third-order valence-corrected chi connectivity index (χ3v) is 6.38. The van der Waals surface area contributed by atoms with Crippen LogP contribution in [-0.4, -0.2) is 52.0 Å².